The second kappa shape index (κ2) is 5.19. The van der Waals surface area contributed by atoms with Gasteiger partial charge in [0.05, 0.1) is 4.90 Å². The summed E-state index contributed by atoms with van der Waals surface area (Å²) in [6.07, 6.45) is 3.06. The Morgan fingerprint density at radius 2 is 1.55 bits per heavy atom. The van der Waals surface area contributed by atoms with E-state index in [9.17, 15) is 8.42 Å². The molecular formula is C16H19NO2S. The van der Waals surface area contributed by atoms with Crippen LogP contribution in [0.3, 0.4) is 0 Å². The van der Waals surface area contributed by atoms with Gasteiger partial charge < -0.3 is 0 Å². The Hall–Kier alpha value is -1.39. The molecule has 0 unspecified atom stereocenters. The van der Waals surface area contributed by atoms with Gasteiger partial charge in [-0.3, -0.25) is 0 Å². The normalized spacial score (nSPS) is 17.4. The molecule has 1 heterocycles. The lowest BCUT2D eigenvalue weighted by atomic mass is 10.1. The minimum atomic E-state index is -3.33. The molecule has 1 aliphatic rings. The van der Waals surface area contributed by atoms with Crippen LogP contribution in [0.4, 0.5) is 0 Å². The monoisotopic (exact) mass is 289 g/mol. The van der Waals surface area contributed by atoms with Gasteiger partial charge in [-0.15, -0.1) is 0 Å². The number of benzene rings is 2. The average Bonchev–Trinajstić information content (AvgIpc) is 2.47. The maximum Gasteiger partial charge on any atom is 0.243 e. The van der Waals surface area contributed by atoms with Crippen LogP contribution in [0.1, 0.15) is 24.8 Å². The molecule has 106 valence electrons. The molecule has 0 bridgehead atoms. The predicted molar refractivity (Wildman–Crippen MR) is 81.3 cm³/mol. The van der Waals surface area contributed by atoms with E-state index in [2.05, 4.69) is 6.07 Å². The van der Waals surface area contributed by atoms with Crippen molar-refractivity contribution in [2.45, 2.75) is 31.1 Å². The van der Waals surface area contributed by atoms with E-state index < -0.39 is 10.0 Å². The number of hydrogen-bond acceptors (Lipinski definition) is 2. The van der Waals surface area contributed by atoms with Crippen LogP contribution in [0.5, 0.6) is 0 Å². The fraction of sp³-hybridized carbons (Fsp3) is 0.375. The molecule has 0 atom stereocenters. The van der Waals surface area contributed by atoms with Crippen molar-refractivity contribution in [3.63, 3.8) is 0 Å². The summed E-state index contributed by atoms with van der Waals surface area (Å²) < 4.78 is 26.9. The number of sulfonamides is 1. The molecule has 2 aromatic rings. The van der Waals surface area contributed by atoms with E-state index in [1.165, 1.54) is 5.56 Å². The molecular weight excluding hydrogens is 270 g/mol. The summed E-state index contributed by atoms with van der Waals surface area (Å²) in [5, 5.41) is 2.07. The van der Waals surface area contributed by atoms with Crippen molar-refractivity contribution in [3.05, 3.63) is 42.0 Å². The predicted octanol–water partition coefficient (Wildman–Crippen LogP) is 3.32. The van der Waals surface area contributed by atoms with E-state index in [1.54, 1.807) is 16.4 Å². The molecule has 1 fully saturated rings. The third-order valence-electron chi connectivity index (χ3n) is 3.92. The zero-order valence-corrected chi connectivity index (χ0v) is 12.5. The quantitative estimate of drug-likeness (QED) is 0.850. The molecule has 3 nitrogen and oxygen atoms in total. The Kier molecular flexibility index (Phi) is 3.52. The van der Waals surface area contributed by atoms with Crippen molar-refractivity contribution in [1.29, 1.82) is 0 Å². The number of fused-ring (bicyclic) bond motifs is 1. The van der Waals surface area contributed by atoms with E-state index in [4.69, 9.17) is 0 Å². The summed E-state index contributed by atoms with van der Waals surface area (Å²) in [6.45, 7) is 3.33. The molecule has 4 heteroatoms. The highest BCUT2D eigenvalue weighted by Crippen LogP contribution is 2.24. The van der Waals surface area contributed by atoms with Crippen molar-refractivity contribution in [2.24, 2.45) is 0 Å². The van der Waals surface area contributed by atoms with Crippen LogP contribution in [0, 0.1) is 6.92 Å². The highest BCUT2D eigenvalue weighted by atomic mass is 32.2. The van der Waals surface area contributed by atoms with Gasteiger partial charge in [0.1, 0.15) is 0 Å². The molecule has 0 aliphatic carbocycles. The van der Waals surface area contributed by atoms with Gasteiger partial charge in [-0.1, -0.05) is 36.2 Å². The molecule has 0 saturated carbocycles. The van der Waals surface area contributed by atoms with Gasteiger partial charge in [0.15, 0.2) is 0 Å². The van der Waals surface area contributed by atoms with Crippen LogP contribution < -0.4 is 0 Å². The first-order chi connectivity index (χ1) is 9.57. The van der Waals surface area contributed by atoms with E-state index in [-0.39, 0.29) is 0 Å². The Labute approximate surface area is 120 Å². The molecule has 0 amide bonds. The number of aryl methyl sites for hydroxylation is 1. The third kappa shape index (κ3) is 2.45. The summed E-state index contributed by atoms with van der Waals surface area (Å²) in [7, 11) is -3.33. The van der Waals surface area contributed by atoms with Crippen molar-refractivity contribution in [1.82, 2.24) is 4.31 Å². The van der Waals surface area contributed by atoms with Crippen LogP contribution in [-0.4, -0.2) is 25.8 Å². The zero-order valence-electron chi connectivity index (χ0n) is 11.7. The lowest BCUT2D eigenvalue weighted by molar-refractivity contribution is 0.346. The fourth-order valence-electron chi connectivity index (χ4n) is 2.76. The molecule has 3 rings (SSSR count). The molecule has 0 radical (unpaired) electrons. The molecule has 20 heavy (non-hydrogen) atoms. The van der Waals surface area contributed by atoms with Gasteiger partial charge >= 0.3 is 0 Å². The average molecular weight is 289 g/mol. The number of rotatable bonds is 2. The second-order valence-electron chi connectivity index (χ2n) is 5.48. The molecule has 0 aromatic heterocycles. The van der Waals surface area contributed by atoms with Gasteiger partial charge in [0.2, 0.25) is 10.0 Å². The second-order valence-corrected chi connectivity index (χ2v) is 7.42. The summed E-state index contributed by atoms with van der Waals surface area (Å²) in [6, 6.07) is 11.5. The largest absolute Gasteiger partial charge is 0.243 e. The standard InChI is InChI=1S/C16H19NO2S/c1-13-5-6-15-12-16(8-7-14(15)11-13)20(18,19)17-9-3-2-4-10-17/h5-8,11-12H,2-4,9-10H2,1H3. The Balaban J connectivity index is 2.02. The summed E-state index contributed by atoms with van der Waals surface area (Å²) in [4.78, 5) is 0.413. The minimum Gasteiger partial charge on any atom is -0.207 e. The maximum absolute atomic E-state index is 12.6. The van der Waals surface area contributed by atoms with Crippen molar-refractivity contribution < 1.29 is 8.42 Å². The molecule has 1 aliphatic heterocycles. The van der Waals surface area contributed by atoms with Crippen molar-refractivity contribution in [2.75, 3.05) is 13.1 Å². The molecule has 0 spiro atoms. The number of hydrogen-bond donors (Lipinski definition) is 0. The highest BCUT2D eigenvalue weighted by Gasteiger charge is 2.25. The fourth-order valence-corrected chi connectivity index (χ4v) is 4.31. The van der Waals surface area contributed by atoms with Crippen LogP contribution in [0.2, 0.25) is 0 Å². The van der Waals surface area contributed by atoms with Gasteiger partial charge in [-0.2, -0.15) is 4.31 Å². The van der Waals surface area contributed by atoms with E-state index in [0.29, 0.717) is 18.0 Å². The molecule has 0 N–H and O–H groups in total. The van der Waals surface area contributed by atoms with Crippen LogP contribution in [0.25, 0.3) is 10.8 Å². The zero-order chi connectivity index (χ0) is 14.2. The van der Waals surface area contributed by atoms with Crippen molar-refractivity contribution >= 4 is 20.8 Å². The smallest absolute Gasteiger partial charge is 0.207 e. The lowest BCUT2D eigenvalue weighted by Crippen LogP contribution is -2.35. The van der Waals surface area contributed by atoms with E-state index >= 15 is 0 Å². The summed E-state index contributed by atoms with van der Waals surface area (Å²) >= 11 is 0. The molecule has 2 aromatic carbocycles. The molecule has 1 saturated heterocycles. The summed E-state index contributed by atoms with van der Waals surface area (Å²) in [5.74, 6) is 0. The third-order valence-corrected chi connectivity index (χ3v) is 5.81. The highest BCUT2D eigenvalue weighted by molar-refractivity contribution is 7.89. The number of nitrogens with zero attached hydrogens (tertiary/aromatic N) is 1. The van der Waals surface area contributed by atoms with Gasteiger partial charge in [-0.05, 0) is 42.7 Å². The van der Waals surface area contributed by atoms with Crippen LogP contribution in [-0.2, 0) is 10.0 Å². The summed E-state index contributed by atoms with van der Waals surface area (Å²) in [5.41, 5.74) is 1.18. The van der Waals surface area contributed by atoms with Gasteiger partial charge in [-0.25, -0.2) is 8.42 Å². The Morgan fingerprint density at radius 1 is 0.900 bits per heavy atom. The van der Waals surface area contributed by atoms with Gasteiger partial charge in [0, 0.05) is 13.1 Å². The number of piperidine rings is 1. The SMILES string of the molecule is Cc1ccc2cc(S(=O)(=O)N3CCCCC3)ccc2c1. The van der Waals surface area contributed by atoms with E-state index in [0.717, 1.165) is 30.0 Å². The lowest BCUT2D eigenvalue weighted by Gasteiger charge is -2.26. The van der Waals surface area contributed by atoms with Crippen LogP contribution in [0.15, 0.2) is 41.3 Å². The Morgan fingerprint density at radius 3 is 2.30 bits per heavy atom. The minimum absolute atomic E-state index is 0.413. The van der Waals surface area contributed by atoms with E-state index in [1.807, 2.05) is 25.1 Å². The topological polar surface area (TPSA) is 37.4 Å². The first-order valence-electron chi connectivity index (χ1n) is 7.08. The first kappa shape index (κ1) is 13.6. The first-order valence-corrected chi connectivity index (χ1v) is 8.52. The van der Waals surface area contributed by atoms with Crippen LogP contribution >= 0.6 is 0 Å². The maximum atomic E-state index is 12.6. The van der Waals surface area contributed by atoms with Crippen molar-refractivity contribution in [3.8, 4) is 0 Å². The Bertz CT molecular complexity index is 731. The van der Waals surface area contributed by atoms with Gasteiger partial charge in [0.25, 0.3) is 0 Å².